The second kappa shape index (κ2) is 9.91. The van der Waals surface area contributed by atoms with E-state index in [2.05, 4.69) is 0 Å². The number of aliphatic hydroxyl groups is 4. The topological polar surface area (TPSA) is 233 Å². The number of aromatic hydroxyl groups is 4. The van der Waals surface area contributed by atoms with Gasteiger partial charge in [-0.2, -0.15) is 0 Å². The van der Waals surface area contributed by atoms with Gasteiger partial charge in [-0.15, -0.1) is 0 Å². The van der Waals surface area contributed by atoms with E-state index in [0.717, 1.165) is 43.3 Å². The molecule has 1 saturated carbocycles. The third-order valence-corrected chi connectivity index (χ3v) is 6.83. The summed E-state index contributed by atoms with van der Waals surface area (Å²) in [5, 5.41) is 92.1. The molecule has 1 fully saturated rings. The molecule has 1 aliphatic rings. The molecule has 12 nitrogen and oxygen atoms in total. The predicted octanol–water partition coefficient (Wildman–Crippen LogP) is 0.0524. The highest BCUT2D eigenvalue weighted by Gasteiger charge is 2.70. The van der Waals surface area contributed by atoms with Crippen LogP contribution in [-0.4, -0.2) is 86.4 Å². The van der Waals surface area contributed by atoms with Gasteiger partial charge >= 0.3 is 5.97 Å². The molecular formula is C26H26O12. The maximum Gasteiger partial charge on any atom is 0.336 e. The van der Waals surface area contributed by atoms with Crippen molar-refractivity contribution in [1.29, 1.82) is 0 Å². The Labute approximate surface area is 215 Å². The number of carbonyl (C=O) groups is 3. The van der Waals surface area contributed by atoms with E-state index in [9.17, 15) is 60.3 Å². The number of hydrogen-bond acceptors (Lipinski definition) is 11. The number of aliphatic hydroxyl groups excluding tert-OH is 1. The molecule has 0 bridgehead atoms. The zero-order chi connectivity index (χ0) is 28.6. The molecular weight excluding hydrogens is 504 g/mol. The van der Waals surface area contributed by atoms with Gasteiger partial charge in [0, 0.05) is 12.3 Å². The van der Waals surface area contributed by atoms with Crippen molar-refractivity contribution < 1.29 is 60.3 Å². The lowest BCUT2D eigenvalue weighted by Crippen LogP contribution is -2.76. The van der Waals surface area contributed by atoms with Crippen LogP contribution < -0.4 is 0 Å². The molecule has 0 spiro atoms. The molecule has 12 heteroatoms. The van der Waals surface area contributed by atoms with Gasteiger partial charge in [-0.1, -0.05) is 31.2 Å². The van der Waals surface area contributed by atoms with Crippen LogP contribution in [0.3, 0.4) is 0 Å². The Bertz CT molecular complexity index is 1350. The number of aliphatic carboxylic acids is 1. The van der Waals surface area contributed by atoms with E-state index in [1.54, 1.807) is 0 Å². The van der Waals surface area contributed by atoms with Crippen molar-refractivity contribution in [3.05, 3.63) is 59.7 Å². The summed E-state index contributed by atoms with van der Waals surface area (Å²) >= 11 is 0. The van der Waals surface area contributed by atoms with Crippen molar-refractivity contribution in [3.63, 3.8) is 0 Å². The fourth-order valence-electron chi connectivity index (χ4n) is 4.37. The van der Waals surface area contributed by atoms with Gasteiger partial charge in [0.05, 0.1) is 0 Å². The minimum absolute atomic E-state index is 0.148. The van der Waals surface area contributed by atoms with Crippen molar-refractivity contribution in [2.45, 2.75) is 36.3 Å². The number of carbonyl (C=O) groups excluding carboxylic acids is 2. The number of rotatable bonds is 7. The summed E-state index contributed by atoms with van der Waals surface area (Å²) in [5.41, 5.74) is -9.10. The number of phenols is 4. The molecule has 0 amide bonds. The molecule has 0 heterocycles. The predicted molar refractivity (Wildman–Crippen MR) is 130 cm³/mol. The highest BCUT2D eigenvalue weighted by atomic mass is 16.4. The maximum atomic E-state index is 13.1. The van der Waals surface area contributed by atoms with Crippen LogP contribution in [0.25, 0.3) is 12.2 Å². The molecule has 0 aliphatic heterocycles. The maximum absolute atomic E-state index is 13.1. The van der Waals surface area contributed by atoms with Crippen molar-refractivity contribution in [1.82, 2.24) is 0 Å². The van der Waals surface area contributed by atoms with E-state index in [1.165, 1.54) is 12.1 Å². The second-order valence-electron chi connectivity index (χ2n) is 9.17. The molecule has 202 valence electrons. The van der Waals surface area contributed by atoms with E-state index in [1.807, 2.05) is 0 Å². The first-order chi connectivity index (χ1) is 17.6. The zero-order valence-electron chi connectivity index (χ0n) is 19.9. The minimum Gasteiger partial charge on any atom is -0.504 e. The van der Waals surface area contributed by atoms with Crippen molar-refractivity contribution in [3.8, 4) is 23.0 Å². The van der Waals surface area contributed by atoms with Crippen molar-refractivity contribution in [2.24, 2.45) is 5.92 Å². The fourth-order valence-corrected chi connectivity index (χ4v) is 4.37. The van der Waals surface area contributed by atoms with Gasteiger partial charge in [-0.05, 0) is 47.5 Å². The van der Waals surface area contributed by atoms with Crippen LogP contribution in [0.15, 0.2) is 48.6 Å². The first-order valence-electron chi connectivity index (χ1n) is 11.1. The monoisotopic (exact) mass is 530 g/mol. The van der Waals surface area contributed by atoms with E-state index in [-0.39, 0.29) is 11.1 Å². The Balaban J connectivity index is 2.03. The summed E-state index contributed by atoms with van der Waals surface area (Å²) in [5.74, 6) is -8.61. The number of benzene rings is 2. The summed E-state index contributed by atoms with van der Waals surface area (Å²) in [6, 6.07) is 6.88. The summed E-state index contributed by atoms with van der Waals surface area (Å²) in [6.45, 7) is 0.953. The summed E-state index contributed by atoms with van der Waals surface area (Å²) < 4.78 is 0. The van der Waals surface area contributed by atoms with Crippen LogP contribution in [0.2, 0.25) is 0 Å². The third kappa shape index (κ3) is 4.73. The average Bonchev–Trinajstić information content (AvgIpc) is 2.87. The quantitative estimate of drug-likeness (QED) is 0.171. The van der Waals surface area contributed by atoms with Gasteiger partial charge in [-0.25, -0.2) is 4.79 Å². The normalized spacial score (nSPS) is 29.5. The molecule has 2 aromatic rings. The molecule has 3 rings (SSSR count). The second-order valence-corrected chi connectivity index (χ2v) is 9.17. The van der Waals surface area contributed by atoms with Crippen LogP contribution in [0.1, 0.15) is 24.5 Å². The zero-order valence-corrected chi connectivity index (χ0v) is 19.9. The number of hydrogen-bond donors (Lipinski definition) is 9. The number of ketones is 2. The van der Waals surface area contributed by atoms with Gasteiger partial charge in [0.15, 0.2) is 51.4 Å². The van der Waals surface area contributed by atoms with Crippen LogP contribution in [-0.2, 0) is 14.4 Å². The van der Waals surface area contributed by atoms with Crippen molar-refractivity contribution >= 4 is 29.7 Å². The van der Waals surface area contributed by atoms with Crippen LogP contribution in [0.5, 0.6) is 23.0 Å². The Morgan fingerprint density at radius 2 is 1.21 bits per heavy atom. The first kappa shape index (κ1) is 28.3. The Kier molecular flexibility index (Phi) is 7.39. The molecule has 38 heavy (non-hydrogen) atoms. The molecule has 1 aliphatic carbocycles. The molecule has 0 aromatic heterocycles. The third-order valence-electron chi connectivity index (χ3n) is 6.83. The van der Waals surface area contributed by atoms with Gasteiger partial charge in [0.2, 0.25) is 0 Å². The Hall–Kier alpha value is -4.23. The Morgan fingerprint density at radius 3 is 1.63 bits per heavy atom. The summed E-state index contributed by atoms with van der Waals surface area (Å²) in [6.07, 6.45) is -0.424. The lowest BCUT2D eigenvalue weighted by molar-refractivity contribution is -0.256. The standard InChI is InChI=1S/C26H26O12/c1-13-24(36,23(34)35)12-25(37,20(31)8-4-14-2-6-16(27)18(29)10-14)22(33)26(13,38)21(32)9-5-15-3-7-17(28)19(30)11-15/h2-11,13,22,27-30,33,36-38H,12H2,1H3,(H,34,35)/b8-4+,9-5+/t13?,22?,24?,25-,26-/m0/s1. The van der Waals surface area contributed by atoms with Gasteiger partial charge < -0.3 is 46.0 Å². The summed E-state index contributed by atoms with van der Waals surface area (Å²) in [4.78, 5) is 38.2. The minimum atomic E-state index is -3.18. The fraction of sp³-hybridized carbons (Fsp3) is 0.269. The highest BCUT2D eigenvalue weighted by molar-refractivity contribution is 6.06. The molecule has 3 unspecified atom stereocenters. The van der Waals surface area contributed by atoms with Crippen LogP contribution in [0.4, 0.5) is 0 Å². The molecule has 5 atom stereocenters. The van der Waals surface area contributed by atoms with Crippen LogP contribution in [0, 0.1) is 5.92 Å². The van der Waals surface area contributed by atoms with Gasteiger partial charge in [-0.3, -0.25) is 9.59 Å². The summed E-state index contributed by atoms with van der Waals surface area (Å²) in [7, 11) is 0. The smallest absolute Gasteiger partial charge is 0.336 e. The van der Waals surface area contributed by atoms with Gasteiger partial charge in [0.1, 0.15) is 6.10 Å². The van der Waals surface area contributed by atoms with Gasteiger partial charge in [0.25, 0.3) is 0 Å². The lowest BCUT2D eigenvalue weighted by atomic mass is 9.57. The lowest BCUT2D eigenvalue weighted by Gasteiger charge is -2.53. The number of phenolic OH excluding ortho intramolecular Hbond substituents is 4. The first-order valence-corrected chi connectivity index (χ1v) is 11.1. The van der Waals surface area contributed by atoms with E-state index < -0.39 is 75.8 Å². The van der Waals surface area contributed by atoms with E-state index >= 15 is 0 Å². The van der Waals surface area contributed by atoms with E-state index in [0.29, 0.717) is 12.2 Å². The average molecular weight is 530 g/mol. The molecule has 0 radical (unpaired) electrons. The van der Waals surface area contributed by atoms with E-state index in [4.69, 9.17) is 0 Å². The molecule has 9 N–H and O–H groups in total. The highest BCUT2D eigenvalue weighted by Crippen LogP contribution is 2.47. The van der Waals surface area contributed by atoms with Crippen molar-refractivity contribution in [2.75, 3.05) is 0 Å². The van der Waals surface area contributed by atoms with Crippen LogP contribution >= 0.6 is 0 Å². The SMILES string of the molecule is CC1C(O)(C(=O)O)C[C@](O)(C(=O)/C=C/c2ccc(O)c(O)c2)C(O)[C@@]1(O)C(=O)/C=C/c1ccc(O)c(O)c1. The Morgan fingerprint density at radius 1 is 0.763 bits per heavy atom. The largest absolute Gasteiger partial charge is 0.504 e. The number of carboxylic acids is 1. The number of carboxylic acid groups (broad SMARTS) is 1. The molecule has 0 saturated heterocycles. The molecule has 2 aromatic carbocycles.